The number of hydrogen-bond donors (Lipinski definition) is 0. The van der Waals surface area contributed by atoms with Crippen LogP contribution in [0.5, 0.6) is 0 Å². The fraction of sp³-hybridized carbons (Fsp3) is 0.692. The van der Waals surface area contributed by atoms with Gasteiger partial charge < -0.3 is 0 Å². The molecule has 0 aromatic heterocycles. The van der Waals surface area contributed by atoms with Crippen molar-refractivity contribution in [2.24, 2.45) is 29.6 Å². The summed E-state index contributed by atoms with van der Waals surface area (Å²) in [6.45, 7) is 2.19. The molecule has 3 aliphatic carbocycles. The van der Waals surface area contributed by atoms with Gasteiger partial charge in [0.25, 0.3) is 0 Å². The molecule has 0 radical (unpaired) electrons. The van der Waals surface area contributed by atoms with Crippen molar-refractivity contribution >= 4 is 0 Å². The van der Waals surface area contributed by atoms with Crippen molar-refractivity contribution in [2.75, 3.05) is 0 Å². The van der Waals surface area contributed by atoms with E-state index in [4.69, 9.17) is 0 Å². The summed E-state index contributed by atoms with van der Waals surface area (Å²) in [6.07, 6.45) is 22.5. The first-order chi connectivity index (χ1) is 12.8. The molecule has 0 bridgehead atoms. The molecule has 0 spiro atoms. The predicted molar refractivity (Wildman–Crippen MR) is 112 cm³/mol. The van der Waals surface area contributed by atoms with Crippen molar-refractivity contribution in [3.8, 4) is 0 Å². The first-order valence-electron chi connectivity index (χ1n) is 11.5. The molecule has 0 N–H and O–H groups in total. The molecule has 0 amide bonds. The monoisotopic (exact) mass is 350 g/mol. The van der Waals surface area contributed by atoms with Gasteiger partial charge in [0.05, 0.1) is 0 Å². The van der Waals surface area contributed by atoms with E-state index in [1.165, 1.54) is 82.6 Å². The summed E-state index contributed by atoms with van der Waals surface area (Å²) in [4.78, 5) is 0. The van der Waals surface area contributed by atoms with Gasteiger partial charge in [-0.1, -0.05) is 42.0 Å². The molecule has 2 saturated carbocycles. The van der Waals surface area contributed by atoms with Gasteiger partial charge in [0.2, 0.25) is 0 Å². The Labute approximate surface area is 161 Å². The molecule has 1 unspecified atom stereocenters. The highest BCUT2D eigenvalue weighted by molar-refractivity contribution is 5.21. The second-order valence-electron chi connectivity index (χ2n) is 9.69. The highest BCUT2D eigenvalue weighted by Crippen LogP contribution is 2.45. The van der Waals surface area contributed by atoms with Gasteiger partial charge >= 0.3 is 0 Å². The highest BCUT2D eigenvalue weighted by atomic mass is 14.4. The zero-order valence-electron chi connectivity index (χ0n) is 16.8. The third-order valence-electron chi connectivity index (χ3n) is 8.00. The van der Waals surface area contributed by atoms with E-state index in [1.807, 2.05) is 0 Å². The van der Waals surface area contributed by atoms with E-state index in [9.17, 15) is 0 Å². The van der Waals surface area contributed by atoms with Gasteiger partial charge in [-0.15, -0.1) is 0 Å². The van der Waals surface area contributed by atoms with Crippen molar-refractivity contribution in [2.45, 2.75) is 84.0 Å². The van der Waals surface area contributed by atoms with E-state index in [1.54, 1.807) is 5.56 Å². The van der Waals surface area contributed by atoms with E-state index in [0.29, 0.717) is 0 Å². The van der Waals surface area contributed by atoms with Crippen LogP contribution in [0.25, 0.3) is 0 Å². The molecule has 4 rings (SSSR count). The summed E-state index contributed by atoms with van der Waals surface area (Å²) in [5.74, 6) is 5.13. The lowest BCUT2D eigenvalue weighted by atomic mass is 9.66. The highest BCUT2D eigenvalue weighted by Gasteiger charge is 2.33. The SMILES string of the molecule is Cc1ccc(CC2CCC(C3CCC(C4CC=CCC4)CC3)CC2)cc1. The molecule has 0 aliphatic heterocycles. The van der Waals surface area contributed by atoms with E-state index in [0.717, 1.165) is 29.6 Å². The molecular formula is C26H38. The number of hydrogen-bond acceptors (Lipinski definition) is 0. The zero-order valence-corrected chi connectivity index (χ0v) is 16.8. The van der Waals surface area contributed by atoms with Crippen LogP contribution >= 0.6 is 0 Å². The molecule has 1 atom stereocenters. The molecule has 2 fully saturated rings. The van der Waals surface area contributed by atoms with Crippen molar-refractivity contribution in [3.05, 3.63) is 47.5 Å². The van der Waals surface area contributed by atoms with Gasteiger partial charge in [0.15, 0.2) is 0 Å². The van der Waals surface area contributed by atoms with Crippen molar-refractivity contribution in [1.82, 2.24) is 0 Å². The smallest absolute Gasteiger partial charge is 0.0250 e. The fourth-order valence-electron chi connectivity index (χ4n) is 6.25. The Morgan fingerprint density at radius 2 is 1.23 bits per heavy atom. The van der Waals surface area contributed by atoms with Gasteiger partial charge in [-0.25, -0.2) is 0 Å². The third kappa shape index (κ3) is 4.62. The number of aryl methyl sites for hydroxylation is 1. The Bertz CT molecular complexity index is 565. The average Bonchev–Trinajstić information content (AvgIpc) is 2.71. The zero-order chi connectivity index (χ0) is 17.8. The van der Waals surface area contributed by atoms with Crippen LogP contribution in [0.2, 0.25) is 0 Å². The van der Waals surface area contributed by atoms with Gasteiger partial charge in [-0.05, 0) is 119 Å². The van der Waals surface area contributed by atoms with Crippen LogP contribution in [-0.2, 0) is 6.42 Å². The molecule has 26 heavy (non-hydrogen) atoms. The van der Waals surface area contributed by atoms with Gasteiger partial charge in [0, 0.05) is 0 Å². The van der Waals surface area contributed by atoms with Gasteiger partial charge in [0.1, 0.15) is 0 Å². The summed E-state index contributed by atoms with van der Waals surface area (Å²) in [5.41, 5.74) is 2.94. The Hall–Kier alpha value is -1.04. The van der Waals surface area contributed by atoms with Crippen molar-refractivity contribution in [3.63, 3.8) is 0 Å². The van der Waals surface area contributed by atoms with E-state index in [2.05, 4.69) is 43.3 Å². The van der Waals surface area contributed by atoms with E-state index >= 15 is 0 Å². The molecular weight excluding hydrogens is 312 g/mol. The molecule has 0 heterocycles. The normalized spacial score (nSPS) is 35.3. The fourth-order valence-corrected chi connectivity index (χ4v) is 6.25. The number of benzene rings is 1. The standard InChI is InChI=1S/C26H38/c1-20-7-9-21(10-8-20)19-22-11-13-24(14-12-22)26-17-15-25(16-18-26)23-5-3-2-4-6-23/h2-3,7-10,22-26H,4-6,11-19H2,1H3. The molecule has 0 saturated heterocycles. The van der Waals surface area contributed by atoms with E-state index in [-0.39, 0.29) is 0 Å². The lowest BCUT2D eigenvalue weighted by Gasteiger charge is -2.40. The maximum absolute atomic E-state index is 2.45. The summed E-state index contributed by atoms with van der Waals surface area (Å²) in [5, 5.41) is 0. The Balaban J connectivity index is 1.20. The molecule has 0 heteroatoms. The van der Waals surface area contributed by atoms with Crippen LogP contribution in [0.4, 0.5) is 0 Å². The van der Waals surface area contributed by atoms with Crippen molar-refractivity contribution in [1.29, 1.82) is 0 Å². The average molecular weight is 351 g/mol. The second kappa shape index (κ2) is 8.77. The minimum Gasteiger partial charge on any atom is -0.0885 e. The van der Waals surface area contributed by atoms with Gasteiger partial charge in [-0.3, -0.25) is 0 Å². The predicted octanol–water partition coefficient (Wildman–Crippen LogP) is 7.51. The summed E-state index contributed by atoms with van der Waals surface area (Å²) in [7, 11) is 0. The Kier molecular flexibility index (Phi) is 6.18. The molecule has 3 aliphatic rings. The molecule has 142 valence electrons. The quantitative estimate of drug-likeness (QED) is 0.493. The van der Waals surface area contributed by atoms with E-state index < -0.39 is 0 Å². The van der Waals surface area contributed by atoms with Crippen LogP contribution in [-0.4, -0.2) is 0 Å². The van der Waals surface area contributed by atoms with Crippen LogP contribution in [0.1, 0.15) is 81.8 Å². The van der Waals surface area contributed by atoms with Gasteiger partial charge in [-0.2, -0.15) is 0 Å². The van der Waals surface area contributed by atoms with Crippen molar-refractivity contribution < 1.29 is 0 Å². The first-order valence-corrected chi connectivity index (χ1v) is 11.5. The lowest BCUT2D eigenvalue weighted by molar-refractivity contribution is 0.122. The summed E-state index contributed by atoms with van der Waals surface area (Å²) >= 11 is 0. The molecule has 0 nitrogen and oxygen atoms in total. The summed E-state index contributed by atoms with van der Waals surface area (Å²) in [6, 6.07) is 9.26. The Morgan fingerprint density at radius 3 is 1.81 bits per heavy atom. The minimum absolute atomic E-state index is 0.944. The topological polar surface area (TPSA) is 0 Å². The largest absolute Gasteiger partial charge is 0.0885 e. The maximum atomic E-state index is 2.45. The lowest BCUT2D eigenvalue weighted by Crippen LogP contribution is -2.28. The van der Waals surface area contributed by atoms with Crippen LogP contribution in [0.15, 0.2) is 36.4 Å². The minimum atomic E-state index is 0.944. The van der Waals surface area contributed by atoms with Crippen LogP contribution in [0.3, 0.4) is 0 Å². The molecule has 1 aromatic carbocycles. The second-order valence-corrected chi connectivity index (χ2v) is 9.69. The maximum Gasteiger partial charge on any atom is -0.0250 e. The number of allylic oxidation sites excluding steroid dienone is 2. The third-order valence-corrected chi connectivity index (χ3v) is 8.00. The van der Waals surface area contributed by atoms with Crippen LogP contribution in [0, 0.1) is 36.5 Å². The summed E-state index contributed by atoms with van der Waals surface area (Å²) < 4.78 is 0. The number of rotatable bonds is 4. The molecule has 1 aromatic rings. The first kappa shape index (κ1) is 18.3. The Morgan fingerprint density at radius 1 is 0.654 bits per heavy atom. The van der Waals surface area contributed by atoms with Crippen LogP contribution < -0.4 is 0 Å².